The van der Waals surface area contributed by atoms with Crippen molar-refractivity contribution in [3.8, 4) is 11.5 Å². The van der Waals surface area contributed by atoms with Crippen LogP contribution >= 0.6 is 68.1 Å². The SMILES string of the molecule is CCOc1ccc([C@@H]2C(C(=O)Nc3ccccc3)=C(C)N=c3s/c(=C\c4cc(I)cc(I)c4OCc4ccccc4Cl)c(=O)n32)cc1. The number of carbonyl (C=O) groups excluding carboxylic acids is 1. The lowest BCUT2D eigenvalue weighted by molar-refractivity contribution is -0.113. The maximum atomic E-state index is 14.4. The van der Waals surface area contributed by atoms with Crippen LogP contribution in [0.15, 0.2) is 112 Å². The zero-order chi connectivity index (χ0) is 33.1. The number of carbonyl (C=O) groups is 1. The number of aromatic nitrogens is 1. The van der Waals surface area contributed by atoms with E-state index in [0.29, 0.717) is 49.4 Å². The van der Waals surface area contributed by atoms with E-state index in [2.05, 4.69) is 50.5 Å². The van der Waals surface area contributed by atoms with Crippen LogP contribution < -0.4 is 29.7 Å². The van der Waals surface area contributed by atoms with Crippen LogP contribution in [0.1, 0.15) is 36.6 Å². The number of benzene rings is 4. The summed E-state index contributed by atoms with van der Waals surface area (Å²) in [6, 6.07) is 27.6. The Bertz CT molecular complexity index is 2180. The van der Waals surface area contributed by atoms with E-state index in [1.807, 2.05) is 104 Å². The van der Waals surface area contributed by atoms with Gasteiger partial charge in [0, 0.05) is 25.4 Å². The molecule has 47 heavy (non-hydrogen) atoms. The smallest absolute Gasteiger partial charge is 0.271 e. The van der Waals surface area contributed by atoms with Crippen molar-refractivity contribution in [3.05, 3.63) is 151 Å². The number of rotatable bonds is 9. The summed E-state index contributed by atoms with van der Waals surface area (Å²) in [5.41, 5.74) is 3.72. The van der Waals surface area contributed by atoms with Crippen molar-refractivity contribution in [2.24, 2.45) is 4.99 Å². The summed E-state index contributed by atoms with van der Waals surface area (Å²) < 4.78 is 16.0. The van der Waals surface area contributed by atoms with Crippen LogP contribution in [0.25, 0.3) is 6.08 Å². The van der Waals surface area contributed by atoms with Crippen molar-refractivity contribution in [1.82, 2.24) is 4.57 Å². The Morgan fingerprint density at radius 3 is 2.47 bits per heavy atom. The number of amides is 1. The fourth-order valence-corrected chi connectivity index (χ4v) is 8.58. The van der Waals surface area contributed by atoms with E-state index in [4.69, 9.17) is 26.1 Å². The Hall–Kier alpha value is -3.46. The highest BCUT2D eigenvalue weighted by Gasteiger charge is 2.32. The molecule has 0 fully saturated rings. The van der Waals surface area contributed by atoms with Gasteiger partial charge in [0.1, 0.15) is 18.1 Å². The van der Waals surface area contributed by atoms with Gasteiger partial charge < -0.3 is 14.8 Å². The summed E-state index contributed by atoms with van der Waals surface area (Å²) >= 11 is 12.2. The molecule has 4 aromatic carbocycles. The van der Waals surface area contributed by atoms with Gasteiger partial charge in [0.25, 0.3) is 11.5 Å². The fraction of sp³-hybridized carbons (Fsp3) is 0.139. The number of thiazole rings is 1. The number of para-hydroxylation sites is 1. The molecule has 0 unspecified atom stereocenters. The molecule has 1 aromatic heterocycles. The first-order chi connectivity index (χ1) is 22.7. The van der Waals surface area contributed by atoms with Crippen molar-refractivity contribution < 1.29 is 14.3 Å². The normalized spacial score (nSPS) is 14.4. The van der Waals surface area contributed by atoms with Crippen LogP contribution in [-0.4, -0.2) is 17.1 Å². The Labute approximate surface area is 307 Å². The summed E-state index contributed by atoms with van der Waals surface area (Å²) in [7, 11) is 0. The molecule has 2 heterocycles. The van der Waals surface area contributed by atoms with Crippen molar-refractivity contribution in [1.29, 1.82) is 0 Å². The predicted molar refractivity (Wildman–Crippen MR) is 204 cm³/mol. The van der Waals surface area contributed by atoms with Crippen LogP contribution in [0.2, 0.25) is 5.02 Å². The number of fused-ring (bicyclic) bond motifs is 1. The molecular formula is C36H28ClI2N3O4S. The van der Waals surface area contributed by atoms with E-state index in [1.54, 1.807) is 11.5 Å². The topological polar surface area (TPSA) is 81.9 Å². The zero-order valence-electron chi connectivity index (χ0n) is 25.3. The monoisotopic (exact) mass is 887 g/mol. The number of hydrogen-bond acceptors (Lipinski definition) is 6. The molecule has 1 aliphatic rings. The van der Waals surface area contributed by atoms with Crippen LogP contribution in [0.4, 0.5) is 5.69 Å². The molecule has 0 aliphatic carbocycles. The molecule has 0 spiro atoms. The highest BCUT2D eigenvalue weighted by Crippen LogP contribution is 2.33. The van der Waals surface area contributed by atoms with E-state index in [1.165, 1.54) is 11.3 Å². The van der Waals surface area contributed by atoms with Gasteiger partial charge in [-0.1, -0.05) is 71.5 Å². The van der Waals surface area contributed by atoms with Gasteiger partial charge in [-0.25, -0.2) is 4.99 Å². The van der Waals surface area contributed by atoms with Gasteiger partial charge in [0.2, 0.25) is 0 Å². The molecule has 238 valence electrons. The molecule has 5 aromatic rings. The van der Waals surface area contributed by atoms with E-state index in [-0.39, 0.29) is 18.1 Å². The summed E-state index contributed by atoms with van der Waals surface area (Å²) in [5.74, 6) is 1.03. The number of ether oxygens (including phenoxy) is 2. The van der Waals surface area contributed by atoms with Gasteiger partial charge in [-0.15, -0.1) is 0 Å². The fourth-order valence-electron chi connectivity index (χ4n) is 5.31. The predicted octanol–water partition coefficient (Wildman–Crippen LogP) is 7.71. The van der Waals surface area contributed by atoms with Crippen LogP contribution in [-0.2, 0) is 11.4 Å². The molecule has 0 radical (unpaired) electrons. The Balaban J connectivity index is 1.46. The minimum Gasteiger partial charge on any atom is -0.494 e. The molecule has 1 amide bonds. The molecule has 1 aliphatic heterocycles. The third-order valence-electron chi connectivity index (χ3n) is 7.46. The van der Waals surface area contributed by atoms with Gasteiger partial charge in [-0.05, 0) is 113 Å². The average Bonchev–Trinajstić information content (AvgIpc) is 3.35. The standard InChI is InChI=1S/C36H28ClI2N3O4S/c1-3-45-27-15-13-22(14-16-27)32-31(34(43)41-26-10-5-4-6-11-26)21(2)40-36-42(32)35(44)30(47-36)18-24-17-25(38)19-29(39)33(24)46-20-23-9-7-8-12-28(23)37/h4-19,32H,3,20H2,1-2H3,(H,41,43)/b30-18-/t32-/m1/s1. The van der Waals surface area contributed by atoms with Crippen LogP contribution in [0.5, 0.6) is 11.5 Å². The van der Waals surface area contributed by atoms with E-state index < -0.39 is 6.04 Å². The largest absolute Gasteiger partial charge is 0.494 e. The number of halogens is 3. The third kappa shape index (κ3) is 7.35. The highest BCUT2D eigenvalue weighted by molar-refractivity contribution is 14.1. The summed E-state index contributed by atoms with van der Waals surface area (Å²) in [6.07, 6.45) is 1.84. The lowest BCUT2D eigenvalue weighted by Gasteiger charge is -2.25. The van der Waals surface area contributed by atoms with Crippen molar-refractivity contribution in [2.45, 2.75) is 26.5 Å². The first-order valence-corrected chi connectivity index (χ1v) is 18.1. The van der Waals surface area contributed by atoms with E-state index in [0.717, 1.165) is 23.8 Å². The second kappa shape index (κ2) is 14.8. The van der Waals surface area contributed by atoms with Crippen molar-refractivity contribution in [3.63, 3.8) is 0 Å². The quantitative estimate of drug-likeness (QED) is 0.154. The highest BCUT2D eigenvalue weighted by atomic mass is 127. The first-order valence-electron chi connectivity index (χ1n) is 14.7. The lowest BCUT2D eigenvalue weighted by Crippen LogP contribution is -2.40. The molecule has 7 nitrogen and oxygen atoms in total. The molecule has 0 bridgehead atoms. The minimum atomic E-state index is -0.709. The molecule has 0 saturated heterocycles. The second-order valence-electron chi connectivity index (χ2n) is 10.6. The number of nitrogens with zero attached hydrogens (tertiary/aromatic N) is 2. The van der Waals surface area contributed by atoms with Crippen molar-refractivity contribution >= 4 is 85.8 Å². The van der Waals surface area contributed by atoms with E-state index in [9.17, 15) is 9.59 Å². The average molecular weight is 888 g/mol. The summed E-state index contributed by atoms with van der Waals surface area (Å²) in [4.78, 5) is 33.5. The van der Waals surface area contributed by atoms with Gasteiger partial charge in [0.05, 0.1) is 32.0 Å². The first kappa shape index (κ1) is 33.4. The summed E-state index contributed by atoms with van der Waals surface area (Å²) in [6.45, 7) is 4.53. The Morgan fingerprint density at radius 2 is 1.74 bits per heavy atom. The molecule has 1 atom stereocenters. The lowest BCUT2D eigenvalue weighted by atomic mass is 9.95. The third-order valence-corrected chi connectivity index (χ3v) is 10.2. The Kier molecular flexibility index (Phi) is 10.5. The maximum absolute atomic E-state index is 14.4. The molecule has 1 N–H and O–H groups in total. The molecule has 11 heteroatoms. The molecule has 0 saturated carbocycles. The molecule has 6 rings (SSSR count). The summed E-state index contributed by atoms with van der Waals surface area (Å²) in [5, 5.41) is 3.62. The number of anilines is 1. The number of allylic oxidation sites excluding steroid dienone is 1. The van der Waals surface area contributed by atoms with Gasteiger partial charge in [0.15, 0.2) is 4.80 Å². The van der Waals surface area contributed by atoms with E-state index >= 15 is 0 Å². The van der Waals surface area contributed by atoms with Gasteiger partial charge >= 0.3 is 0 Å². The maximum Gasteiger partial charge on any atom is 0.271 e. The van der Waals surface area contributed by atoms with Crippen LogP contribution in [0.3, 0.4) is 0 Å². The molecular weight excluding hydrogens is 860 g/mol. The zero-order valence-corrected chi connectivity index (χ0v) is 31.2. The number of nitrogens with one attached hydrogen (secondary N) is 1. The Morgan fingerprint density at radius 1 is 1.02 bits per heavy atom. The van der Waals surface area contributed by atoms with Crippen LogP contribution in [0, 0.1) is 7.14 Å². The van der Waals surface area contributed by atoms with Gasteiger partial charge in [-0.2, -0.15) is 0 Å². The van der Waals surface area contributed by atoms with Gasteiger partial charge in [-0.3, -0.25) is 14.2 Å². The number of hydrogen-bond donors (Lipinski definition) is 1. The van der Waals surface area contributed by atoms with Crippen molar-refractivity contribution in [2.75, 3.05) is 11.9 Å². The second-order valence-corrected chi connectivity index (χ2v) is 14.4. The minimum absolute atomic E-state index is 0.254.